The average molecular weight is 352 g/mol. The fourth-order valence-corrected chi connectivity index (χ4v) is 2.20. The molecule has 1 aliphatic heterocycles. The van der Waals surface area contributed by atoms with E-state index < -0.39 is 23.8 Å². The summed E-state index contributed by atoms with van der Waals surface area (Å²) >= 11 is 11.6. The number of carbonyl (C=O) groups excluding carboxylic acids is 1. The molecule has 1 amide bonds. The molecule has 0 aromatic heterocycles. The summed E-state index contributed by atoms with van der Waals surface area (Å²) in [5, 5.41) is 2.18. The van der Waals surface area contributed by atoms with Crippen molar-refractivity contribution in [1.29, 1.82) is 0 Å². The maximum absolute atomic E-state index is 14.1. The number of aliphatic imine (C=N–C) groups is 1. The summed E-state index contributed by atoms with van der Waals surface area (Å²) in [6.45, 7) is 0. The quantitative estimate of drug-likeness (QED) is 0.671. The van der Waals surface area contributed by atoms with E-state index >= 15 is 0 Å². The Hall–Kier alpha value is -1.73. The number of rotatable bonds is 3. The van der Waals surface area contributed by atoms with Gasteiger partial charge in [-0.05, 0) is 18.2 Å². The van der Waals surface area contributed by atoms with Crippen molar-refractivity contribution < 1.29 is 18.0 Å². The molecule has 0 aliphatic carbocycles. The van der Waals surface area contributed by atoms with Crippen LogP contribution >= 0.6 is 23.2 Å². The Balaban J connectivity index is 2.53. The van der Waals surface area contributed by atoms with Crippen LogP contribution in [0.4, 0.5) is 13.2 Å². The van der Waals surface area contributed by atoms with E-state index in [4.69, 9.17) is 23.2 Å². The predicted molar refractivity (Wildman–Crippen MR) is 78.4 cm³/mol. The molecule has 2 rings (SSSR count). The van der Waals surface area contributed by atoms with E-state index in [0.29, 0.717) is 0 Å². The number of nitrogens with one attached hydrogen (secondary N) is 1. The molecule has 1 heterocycles. The van der Waals surface area contributed by atoms with Gasteiger partial charge in [0.15, 0.2) is 5.62 Å². The molecule has 9 heteroatoms. The molecule has 4 nitrogen and oxygen atoms in total. The van der Waals surface area contributed by atoms with Gasteiger partial charge in [0.1, 0.15) is 5.82 Å². The Morgan fingerprint density at radius 3 is 2.73 bits per heavy atom. The van der Waals surface area contributed by atoms with Gasteiger partial charge < -0.3 is 10.2 Å². The van der Waals surface area contributed by atoms with Crippen molar-refractivity contribution in [3.8, 4) is 0 Å². The molecule has 0 saturated carbocycles. The molecule has 1 aromatic carbocycles. The van der Waals surface area contributed by atoms with Crippen molar-refractivity contribution in [2.24, 2.45) is 4.99 Å². The van der Waals surface area contributed by atoms with Gasteiger partial charge >= 0.3 is 6.43 Å². The molecular weight excluding hydrogens is 342 g/mol. The highest BCUT2D eigenvalue weighted by Crippen LogP contribution is 2.30. The molecule has 1 atom stereocenters. The lowest BCUT2D eigenvalue weighted by Crippen LogP contribution is -2.37. The minimum absolute atomic E-state index is 0.0493. The highest BCUT2D eigenvalue weighted by atomic mass is 35.5. The van der Waals surface area contributed by atoms with E-state index in [-0.39, 0.29) is 22.0 Å². The number of hydrogen-bond donors (Lipinski definition) is 1. The Morgan fingerprint density at radius 2 is 2.14 bits per heavy atom. The molecule has 0 saturated heterocycles. The topological polar surface area (TPSA) is 44.7 Å². The molecule has 0 bridgehead atoms. The van der Waals surface area contributed by atoms with Crippen LogP contribution in [0.2, 0.25) is 5.02 Å². The molecule has 0 spiro atoms. The Kier molecular flexibility index (Phi) is 4.97. The SMILES string of the molecule is CN1C(c2ccc(Cl)cc2F)=C(NC(=O)C(F)F)C=NC1Cl. The number of amides is 1. The van der Waals surface area contributed by atoms with E-state index in [1.807, 2.05) is 5.32 Å². The largest absolute Gasteiger partial charge is 0.338 e. The monoisotopic (exact) mass is 351 g/mol. The normalized spacial score (nSPS) is 18.1. The molecule has 1 N–H and O–H groups in total. The maximum atomic E-state index is 14.1. The summed E-state index contributed by atoms with van der Waals surface area (Å²) in [6.07, 6.45) is -2.10. The highest BCUT2D eigenvalue weighted by molar-refractivity contribution is 6.30. The molecule has 22 heavy (non-hydrogen) atoms. The highest BCUT2D eigenvalue weighted by Gasteiger charge is 2.27. The van der Waals surface area contributed by atoms with Crippen LogP contribution in [0.25, 0.3) is 5.70 Å². The second-order valence-corrected chi connectivity index (χ2v) is 5.20. The van der Waals surface area contributed by atoms with Crippen molar-refractivity contribution in [2.75, 3.05) is 7.05 Å². The van der Waals surface area contributed by atoms with Crippen LogP contribution < -0.4 is 5.32 Å². The molecule has 1 aliphatic rings. The van der Waals surface area contributed by atoms with Gasteiger partial charge in [-0.3, -0.25) is 9.79 Å². The lowest BCUT2D eigenvalue weighted by atomic mass is 10.1. The molecule has 1 aromatic rings. The number of alkyl halides is 3. The first-order valence-corrected chi connectivity index (χ1v) is 6.81. The van der Waals surface area contributed by atoms with Crippen LogP contribution in [-0.4, -0.2) is 36.1 Å². The lowest BCUT2D eigenvalue weighted by molar-refractivity contribution is -0.130. The number of nitrogens with zero attached hydrogens (tertiary/aromatic N) is 2. The number of hydrogen-bond acceptors (Lipinski definition) is 3. The van der Waals surface area contributed by atoms with Crippen LogP contribution in [-0.2, 0) is 4.79 Å². The van der Waals surface area contributed by atoms with Gasteiger partial charge in [0.25, 0.3) is 5.91 Å². The second-order valence-electron chi connectivity index (χ2n) is 4.38. The summed E-state index contributed by atoms with van der Waals surface area (Å²) < 4.78 is 38.9. The Bertz CT molecular complexity index is 664. The third-order valence-electron chi connectivity index (χ3n) is 2.90. The smallest absolute Gasteiger partial charge is 0.315 e. The first kappa shape index (κ1) is 16.6. The van der Waals surface area contributed by atoms with Gasteiger partial charge in [0.2, 0.25) is 0 Å². The fraction of sp³-hybridized carbons (Fsp3) is 0.231. The third kappa shape index (κ3) is 3.36. The van der Waals surface area contributed by atoms with Gasteiger partial charge in [0, 0.05) is 17.6 Å². The van der Waals surface area contributed by atoms with E-state index in [1.165, 1.54) is 24.1 Å². The summed E-state index contributed by atoms with van der Waals surface area (Å²) in [5.74, 6) is -2.20. The molecule has 0 radical (unpaired) electrons. The maximum Gasteiger partial charge on any atom is 0.315 e. The van der Waals surface area contributed by atoms with Crippen molar-refractivity contribution in [3.63, 3.8) is 0 Å². The third-order valence-corrected chi connectivity index (χ3v) is 3.54. The minimum Gasteiger partial charge on any atom is -0.338 e. The molecule has 0 fully saturated rings. The van der Waals surface area contributed by atoms with Gasteiger partial charge in [0.05, 0.1) is 17.6 Å². The summed E-state index contributed by atoms with van der Waals surface area (Å²) in [5.41, 5.74) is -0.769. The van der Waals surface area contributed by atoms with Crippen LogP contribution in [0.1, 0.15) is 5.56 Å². The van der Waals surface area contributed by atoms with E-state index in [0.717, 1.165) is 12.3 Å². The van der Waals surface area contributed by atoms with Crippen molar-refractivity contribution in [1.82, 2.24) is 10.2 Å². The van der Waals surface area contributed by atoms with Gasteiger partial charge in [-0.25, -0.2) is 4.39 Å². The van der Waals surface area contributed by atoms with Crippen molar-refractivity contribution in [2.45, 2.75) is 12.1 Å². The van der Waals surface area contributed by atoms with Gasteiger partial charge in [-0.15, -0.1) is 0 Å². The standard InChI is InChI=1S/C13H10Cl2F3N3O/c1-21-10(7-3-2-6(14)4-8(7)16)9(5-19-13(21)15)20-12(22)11(17)18/h2-5,11,13H,1H3,(H,20,22). The number of halogens is 5. The lowest BCUT2D eigenvalue weighted by Gasteiger charge is -2.30. The number of carbonyl (C=O) groups is 1. The fourth-order valence-electron chi connectivity index (χ4n) is 1.89. The molecule has 118 valence electrons. The van der Waals surface area contributed by atoms with E-state index in [2.05, 4.69) is 4.99 Å². The van der Waals surface area contributed by atoms with Gasteiger partial charge in [-0.1, -0.05) is 23.2 Å². The summed E-state index contributed by atoms with van der Waals surface area (Å²) in [4.78, 5) is 16.4. The zero-order chi connectivity index (χ0) is 16.4. The Morgan fingerprint density at radius 1 is 1.45 bits per heavy atom. The first-order valence-electron chi connectivity index (χ1n) is 6.00. The zero-order valence-electron chi connectivity index (χ0n) is 11.2. The van der Waals surface area contributed by atoms with Crippen LogP contribution in [0.15, 0.2) is 28.9 Å². The van der Waals surface area contributed by atoms with Crippen LogP contribution in [0, 0.1) is 5.82 Å². The minimum atomic E-state index is -3.21. The van der Waals surface area contributed by atoms with Crippen LogP contribution in [0.5, 0.6) is 0 Å². The second kappa shape index (κ2) is 6.58. The van der Waals surface area contributed by atoms with Crippen molar-refractivity contribution in [3.05, 3.63) is 40.3 Å². The number of allylic oxidation sites excluding steroid dienone is 1. The molecule has 1 unspecified atom stereocenters. The summed E-state index contributed by atoms with van der Waals surface area (Å²) in [6, 6.07) is 3.86. The first-order chi connectivity index (χ1) is 10.3. The zero-order valence-corrected chi connectivity index (χ0v) is 12.7. The van der Waals surface area contributed by atoms with Crippen LogP contribution in [0.3, 0.4) is 0 Å². The average Bonchev–Trinajstić information content (AvgIpc) is 2.44. The Labute approximate surface area is 134 Å². The van der Waals surface area contributed by atoms with Crippen molar-refractivity contribution >= 4 is 41.0 Å². The number of benzene rings is 1. The van der Waals surface area contributed by atoms with Gasteiger partial charge in [-0.2, -0.15) is 8.78 Å². The summed E-state index contributed by atoms with van der Waals surface area (Å²) in [7, 11) is 1.49. The van der Waals surface area contributed by atoms with E-state index in [9.17, 15) is 18.0 Å². The predicted octanol–water partition coefficient (Wildman–Crippen LogP) is 3.07. The molecular formula is C13H10Cl2F3N3O. The van der Waals surface area contributed by atoms with E-state index in [1.54, 1.807) is 0 Å².